The minimum Gasteiger partial charge on any atom is -0.482 e. The molecule has 340 valence electrons. The van der Waals surface area contributed by atoms with E-state index in [1.165, 1.54) is 37.3 Å². The number of oxime groups is 1. The minimum atomic E-state index is -0.440. The lowest BCUT2D eigenvalue weighted by Crippen LogP contribution is -2.12. The van der Waals surface area contributed by atoms with Gasteiger partial charge in [0.25, 0.3) is 0 Å². The maximum absolute atomic E-state index is 11.3. The first-order valence-electron chi connectivity index (χ1n) is 20.6. The van der Waals surface area contributed by atoms with Gasteiger partial charge in [0.2, 0.25) is 0 Å². The van der Waals surface area contributed by atoms with E-state index >= 15 is 0 Å². The smallest absolute Gasteiger partial charge is 0.343 e. The van der Waals surface area contributed by atoms with E-state index in [2.05, 4.69) is 50.8 Å². The average Bonchev–Trinajstić information content (AvgIpc) is 4.10. The number of nitrogen functional groups attached to an aromatic ring is 1. The first kappa shape index (κ1) is 47.5. The molecule has 3 aromatic heterocycles. The summed E-state index contributed by atoms with van der Waals surface area (Å²) >= 11 is 0. The number of anilines is 3. The summed E-state index contributed by atoms with van der Waals surface area (Å²) < 4.78 is 21.4. The van der Waals surface area contributed by atoms with Gasteiger partial charge in [0.15, 0.2) is 24.5 Å². The summed E-state index contributed by atoms with van der Waals surface area (Å²) in [6.07, 6.45) is 14.3. The fourth-order valence-corrected chi connectivity index (χ4v) is 6.84. The van der Waals surface area contributed by atoms with Crippen molar-refractivity contribution in [2.45, 2.75) is 25.7 Å². The Bertz CT molecular complexity index is 2910. The molecule has 0 atom stereocenters. The Hall–Kier alpha value is -8.98. The molecule has 18 nitrogen and oxygen atoms in total. The number of nitrogens with zero attached hydrogens (tertiary/aromatic N) is 8. The number of carbonyl (C=O) groups is 3. The van der Waals surface area contributed by atoms with Crippen LogP contribution in [0.1, 0.15) is 45.5 Å². The van der Waals surface area contributed by atoms with Crippen molar-refractivity contribution in [3.05, 3.63) is 161 Å². The maximum Gasteiger partial charge on any atom is 0.343 e. The van der Waals surface area contributed by atoms with Crippen molar-refractivity contribution >= 4 is 58.3 Å². The van der Waals surface area contributed by atoms with Gasteiger partial charge in [0, 0.05) is 59.9 Å². The molecule has 7 aromatic rings. The number of aldehydes is 1. The zero-order valence-corrected chi connectivity index (χ0v) is 36.8. The molecule has 0 amide bonds. The predicted octanol–water partition coefficient (Wildman–Crippen LogP) is 7.53. The Balaban J connectivity index is 0.000000178. The Morgan fingerprint density at radius 2 is 1.45 bits per heavy atom. The largest absolute Gasteiger partial charge is 0.482 e. The molecule has 0 radical (unpaired) electrons. The van der Waals surface area contributed by atoms with Gasteiger partial charge in [-0.1, -0.05) is 29.4 Å². The van der Waals surface area contributed by atoms with Crippen molar-refractivity contribution in [3.8, 4) is 22.8 Å². The second-order valence-electron chi connectivity index (χ2n) is 14.4. The molecule has 9 rings (SSSR count). The minimum absolute atomic E-state index is 0.128. The van der Waals surface area contributed by atoms with Gasteiger partial charge in [-0.3, -0.25) is 24.2 Å². The van der Waals surface area contributed by atoms with Gasteiger partial charge < -0.3 is 35.2 Å². The van der Waals surface area contributed by atoms with E-state index in [-0.39, 0.29) is 13.2 Å². The van der Waals surface area contributed by atoms with E-state index < -0.39 is 11.9 Å². The number of benzene rings is 4. The van der Waals surface area contributed by atoms with Crippen LogP contribution in [0.15, 0.2) is 132 Å². The van der Waals surface area contributed by atoms with Crippen LogP contribution in [0.5, 0.6) is 11.5 Å². The fraction of sp³-hybridized carbons (Fsp3) is 0.184. The Morgan fingerprint density at radius 1 is 0.821 bits per heavy atom. The van der Waals surface area contributed by atoms with Crippen LogP contribution in [-0.2, 0) is 31.9 Å². The normalized spacial score (nSPS) is 12.9. The summed E-state index contributed by atoms with van der Waals surface area (Å²) in [5.41, 5.74) is 16.2. The SMILES string of the molecule is COC(=O)COc1ccc(-c2nc3cnccn3c2Nc2ccc3c(c2)CCC3=NO)cc1.COC(=O)COc1ccc(C=O)cc1.Nc1cnccn1.[C-]#[N+]c1ccc2c(c1)CCC2=NC. The van der Waals surface area contributed by atoms with Crippen LogP contribution in [0, 0.1) is 6.57 Å². The molecule has 0 saturated carbocycles. The lowest BCUT2D eigenvalue weighted by Gasteiger charge is -2.11. The van der Waals surface area contributed by atoms with Gasteiger partial charge >= 0.3 is 11.9 Å². The van der Waals surface area contributed by atoms with Crippen molar-refractivity contribution in [2.75, 3.05) is 45.5 Å². The number of ether oxygens (including phenoxy) is 4. The highest BCUT2D eigenvalue weighted by Crippen LogP contribution is 2.34. The molecule has 0 saturated heterocycles. The van der Waals surface area contributed by atoms with Crippen LogP contribution in [0.2, 0.25) is 0 Å². The van der Waals surface area contributed by atoms with Crippen molar-refractivity contribution < 1.29 is 38.5 Å². The highest BCUT2D eigenvalue weighted by atomic mass is 16.6. The molecule has 18 heteroatoms. The number of aryl methyl sites for hydroxylation is 2. The summed E-state index contributed by atoms with van der Waals surface area (Å²) in [4.78, 5) is 56.3. The zero-order chi connectivity index (χ0) is 47.5. The summed E-state index contributed by atoms with van der Waals surface area (Å²) in [6.45, 7) is 6.62. The topological polar surface area (TPSA) is 231 Å². The second-order valence-corrected chi connectivity index (χ2v) is 14.4. The highest BCUT2D eigenvalue weighted by Gasteiger charge is 2.21. The van der Waals surface area contributed by atoms with Gasteiger partial charge in [0.05, 0.1) is 38.9 Å². The van der Waals surface area contributed by atoms with E-state index in [1.54, 1.807) is 61.2 Å². The molecule has 3 heterocycles. The van der Waals surface area contributed by atoms with Gasteiger partial charge in [-0.15, -0.1) is 0 Å². The molecule has 2 aliphatic rings. The number of nitrogens with one attached hydrogen (secondary N) is 1. The number of aliphatic imine (C=N–C) groups is 1. The van der Waals surface area contributed by atoms with Crippen molar-refractivity contribution in [1.29, 1.82) is 0 Å². The van der Waals surface area contributed by atoms with Crippen LogP contribution in [0.3, 0.4) is 0 Å². The first-order chi connectivity index (χ1) is 32.7. The summed E-state index contributed by atoms with van der Waals surface area (Å²) in [5.74, 6) is 1.46. The third kappa shape index (κ3) is 12.8. The predicted molar refractivity (Wildman–Crippen MR) is 252 cm³/mol. The number of methoxy groups -OCH3 is 2. The van der Waals surface area contributed by atoms with Gasteiger partial charge in [-0.05, 0) is 103 Å². The number of hydrogen-bond donors (Lipinski definition) is 3. The Morgan fingerprint density at radius 3 is 2.03 bits per heavy atom. The number of aromatic nitrogens is 5. The van der Waals surface area contributed by atoms with Crippen LogP contribution in [-0.4, -0.2) is 93.7 Å². The lowest BCUT2D eigenvalue weighted by molar-refractivity contribution is -0.143. The van der Waals surface area contributed by atoms with Gasteiger partial charge in [0.1, 0.15) is 35.1 Å². The lowest BCUT2D eigenvalue weighted by atomic mass is 10.1. The molecule has 4 aromatic carbocycles. The van der Waals surface area contributed by atoms with E-state index in [4.69, 9.17) is 26.8 Å². The third-order valence-corrected chi connectivity index (χ3v) is 10.2. The number of nitrogens with two attached hydrogens (primary N) is 1. The number of fused-ring (bicyclic) bond motifs is 3. The number of hydrogen-bond acceptors (Lipinski definition) is 16. The molecule has 0 aliphatic heterocycles. The Labute approximate surface area is 385 Å². The van der Waals surface area contributed by atoms with E-state index in [1.807, 2.05) is 60.1 Å². The van der Waals surface area contributed by atoms with E-state index in [0.29, 0.717) is 34.2 Å². The fourth-order valence-electron chi connectivity index (χ4n) is 6.84. The molecule has 0 unspecified atom stereocenters. The highest BCUT2D eigenvalue weighted by molar-refractivity contribution is 6.05. The molecule has 4 N–H and O–H groups in total. The number of esters is 2. The Kier molecular flexibility index (Phi) is 16.8. The molecule has 0 spiro atoms. The van der Waals surface area contributed by atoms with E-state index in [9.17, 15) is 19.6 Å². The second kappa shape index (κ2) is 23.6. The van der Waals surface area contributed by atoms with Crippen LogP contribution in [0.4, 0.5) is 23.0 Å². The zero-order valence-electron chi connectivity index (χ0n) is 36.8. The molecule has 0 fully saturated rings. The molecular weight excluding hydrogens is 857 g/mol. The molecular formula is C49H46N10O8. The van der Waals surface area contributed by atoms with Crippen LogP contribution < -0.4 is 20.5 Å². The molecule has 67 heavy (non-hydrogen) atoms. The van der Waals surface area contributed by atoms with Gasteiger partial charge in [-0.2, -0.15) is 0 Å². The molecule has 0 bridgehead atoms. The van der Waals surface area contributed by atoms with E-state index in [0.717, 1.165) is 71.5 Å². The molecule has 2 aliphatic carbocycles. The third-order valence-electron chi connectivity index (χ3n) is 10.2. The summed E-state index contributed by atoms with van der Waals surface area (Å²) in [6, 6.07) is 25.7. The van der Waals surface area contributed by atoms with Crippen LogP contribution in [0.25, 0.3) is 21.7 Å². The standard InChI is InChI=1S/C24H21N5O4.C11H10N2.C10H10O4.C4H5N3/c1-32-22(30)14-33-18-6-2-15(3-7-18)23-24(29-11-10-25-13-21(29)27-23)26-17-5-8-19-16(12-17)4-9-20(19)28-31;1-12-9-4-5-10-8(7-9)3-6-11(10)13-2;1-13-10(12)7-14-9-4-2-8(6-11)3-5-9;5-4-3-6-1-2-7-4/h2-3,5-8,10-13,26,31H,4,9,14H2,1H3;4-5,7H,3,6H2,2H3;2-6H,7H2,1H3;1-3H,(H2,5,7). The quantitative estimate of drug-likeness (QED) is 0.0396. The summed E-state index contributed by atoms with van der Waals surface area (Å²) in [7, 11) is 4.44. The van der Waals surface area contributed by atoms with Gasteiger partial charge in [-0.25, -0.2) is 24.4 Å². The summed E-state index contributed by atoms with van der Waals surface area (Å²) in [5, 5.41) is 16.1. The van der Waals surface area contributed by atoms with Crippen LogP contribution >= 0.6 is 0 Å². The maximum atomic E-state index is 11.3. The van der Waals surface area contributed by atoms with Crippen molar-refractivity contribution in [1.82, 2.24) is 24.3 Å². The number of rotatable bonds is 10. The first-order valence-corrected chi connectivity index (χ1v) is 20.6. The van der Waals surface area contributed by atoms with Crippen molar-refractivity contribution in [2.24, 2.45) is 10.1 Å². The average molecular weight is 903 g/mol. The monoisotopic (exact) mass is 902 g/mol. The number of imidazole rings is 1. The number of carbonyl (C=O) groups excluding carboxylic acids is 3. The van der Waals surface area contributed by atoms with Crippen molar-refractivity contribution in [3.63, 3.8) is 0 Å².